The van der Waals surface area contributed by atoms with Crippen molar-refractivity contribution in [1.29, 1.82) is 0 Å². The van der Waals surface area contributed by atoms with E-state index in [-0.39, 0.29) is 12.1 Å². The van der Waals surface area contributed by atoms with E-state index in [0.717, 1.165) is 52.8 Å². The van der Waals surface area contributed by atoms with Crippen molar-refractivity contribution in [2.45, 2.75) is 25.0 Å². The largest absolute Gasteiger partial charge is 0.493 e. The van der Waals surface area contributed by atoms with E-state index in [1.165, 1.54) is 0 Å². The highest BCUT2D eigenvalue weighted by molar-refractivity contribution is 6.30. The van der Waals surface area contributed by atoms with Gasteiger partial charge in [0.2, 0.25) is 0 Å². The Hall–Kier alpha value is -1.91. The molecule has 2 aliphatic heterocycles. The summed E-state index contributed by atoms with van der Waals surface area (Å²) < 4.78 is 17.3. The van der Waals surface area contributed by atoms with Gasteiger partial charge in [0.25, 0.3) is 0 Å². The van der Waals surface area contributed by atoms with Crippen LogP contribution in [0.25, 0.3) is 0 Å². The van der Waals surface area contributed by atoms with Crippen molar-refractivity contribution in [3.8, 4) is 11.5 Å². The van der Waals surface area contributed by atoms with E-state index < -0.39 is 0 Å². The molecule has 0 unspecified atom stereocenters. The zero-order valence-electron chi connectivity index (χ0n) is 14.4. The molecule has 0 aromatic heterocycles. The average molecular weight is 360 g/mol. The molecule has 1 saturated heterocycles. The monoisotopic (exact) mass is 359 g/mol. The molecule has 5 heteroatoms. The van der Waals surface area contributed by atoms with Crippen LogP contribution >= 0.6 is 11.6 Å². The third-order valence-electron chi connectivity index (χ3n) is 5.20. The van der Waals surface area contributed by atoms with Crippen molar-refractivity contribution < 1.29 is 14.2 Å². The van der Waals surface area contributed by atoms with Gasteiger partial charge in [-0.2, -0.15) is 0 Å². The second kappa shape index (κ2) is 6.77. The zero-order chi connectivity index (χ0) is 17.4. The summed E-state index contributed by atoms with van der Waals surface area (Å²) in [7, 11) is 3.35. The van der Waals surface area contributed by atoms with Crippen molar-refractivity contribution in [3.63, 3.8) is 0 Å². The van der Waals surface area contributed by atoms with Crippen LogP contribution in [0.2, 0.25) is 5.02 Å². The lowest BCUT2D eigenvalue weighted by atomic mass is 9.77. The summed E-state index contributed by atoms with van der Waals surface area (Å²) in [5, 5.41) is 4.43. The molecule has 0 bridgehead atoms. The Kier molecular flexibility index (Phi) is 4.48. The van der Waals surface area contributed by atoms with Crippen molar-refractivity contribution in [1.82, 2.24) is 0 Å². The average Bonchev–Trinajstić information content (AvgIpc) is 2.66. The van der Waals surface area contributed by atoms with Crippen LogP contribution in [-0.4, -0.2) is 20.8 Å². The summed E-state index contributed by atoms with van der Waals surface area (Å²) in [5.74, 6) is 1.85. The maximum absolute atomic E-state index is 6.23. The Morgan fingerprint density at radius 1 is 1.12 bits per heavy atom. The van der Waals surface area contributed by atoms with Crippen molar-refractivity contribution >= 4 is 17.3 Å². The smallest absolute Gasteiger partial charge is 0.165 e. The third-order valence-corrected chi connectivity index (χ3v) is 5.43. The minimum atomic E-state index is 0.0459. The first-order chi connectivity index (χ1) is 12.2. The van der Waals surface area contributed by atoms with Gasteiger partial charge in [0.15, 0.2) is 11.5 Å². The number of fused-ring (bicyclic) bond motifs is 3. The van der Waals surface area contributed by atoms with Gasteiger partial charge in [-0.25, -0.2) is 0 Å². The highest BCUT2D eigenvalue weighted by Crippen LogP contribution is 2.51. The van der Waals surface area contributed by atoms with Crippen LogP contribution in [0.4, 0.5) is 5.69 Å². The fourth-order valence-electron chi connectivity index (χ4n) is 4.11. The molecule has 0 aliphatic carbocycles. The number of para-hydroxylation sites is 1. The summed E-state index contributed by atoms with van der Waals surface area (Å²) in [5.41, 5.74) is 3.32. The molecular weight excluding hydrogens is 338 g/mol. The summed E-state index contributed by atoms with van der Waals surface area (Å²) in [6.45, 7) is 0.787. The summed E-state index contributed by atoms with van der Waals surface area (Å²) in [4.78, 5) is 0. The number of halogens is 1. The van der Waals surface area contributed by atoms with Crippen LogP contribution in [0.1, 0.15) is 36.1 Å². The van der Waals surface area contributed by atoms with Crippen LogP contribution in [0, 0.1) is 5.92 Å². The number of methoxy groups -OCH3 is 2. The predicted octanol–water partition coefficient (Wildman–Crippen LogP) is 4.99. The number of benzene rings is 2. The van der Waals surface area contributed by atoms with E-state index in [0.29, 0.717) is 5.92 Å². The Balaban J connectivity index is 1.82. The molecule has 0 saturated carbocycles. The standard InChI is InChI=1S/C20H22ClNO3/c1-23-17-7-3-5-14(20(17)24-2)18-13-6-4-10-25-19(13)15-11-12(21)8-9-16(15)22-18/h3,5,7-9,11,13,18-19,22H,4,6,10H2,1-2H3/t13-,18-,19-/m0/s1. The van der Waals surface area contributed by atoms with Gasteiger partial charge >= 0.3 is 0 Å². The molecule has 0 radical (unpaired) electrons. The fourth-order valence-corrected chi connectivity index (χ4v) is 4.29. The van der Waals surface area contributed by atoms with E-state index in [4.69, 9.17) is 25.8 Å². The minimum Gasteiger partial charge on any atom is -0.493 e. The normalized spacial score (nSPS) is 24.7. The van der Waals surface area contributed by atoms with Crippen molar-refractivity contribution in [2.75, 3.05) is 26.1 Å². The first kappa shape index (κ1) is 16.6. The number of nitrogens with one attached hydrogen (secondary N) is 1. The first-order valence-electron chi connectivity index (χ1n) is 8.61. The molecule has 0 spiro atoms. The number of anilines is 1. The highest BCUT2D eigenvalue weighted by atomic mass is 35.5. The summed E-state index contributed by atoms with van der Waals surface area (Å²) in [6.07, 6.45) is 2.19. The maximum atomic E-state index is 6.23. The molecule has 2 aromatic carbocycles. The van der Waals surface area contributed by atoms with E-state index in [9.17, 15) is 0 Å². The van der Waals surface area contributed by atoms with Crippen LogP contribution in [0.5, 0.6) is 11.5 Å². The van der Waals surface area contributed by atoms with E-state index >= 15 is 0 Å². The van der Waals surface area contributed by atoms with Crippen LogP contribution in [-0.2, 0) is 4.74 Å². The molecule has 4 nitrogen and oxygen atoms in total. The topological polar surface area (TPSA) is 39.7 Å². The zero-order valence-corrected chi connectivity index (χ0v) is 15.2. The molecular formula is C20H22ClNO3. The Morgan fingerprint density at radius 2 is 2.00 bits per heavy atom. The second-order valence-electron chi connectivity index (χ2n) is 6.53. The van der Waals surface area contributed by atoms with Gasteiger partial charge in [0.05, 0.1) is 26.4 Å². The van der Waals surface area contributed by atoms with E-state index in [1.54, 1.807) is 14.2 Å². The number of rotatable bonds is 3. The highest BCUT2D eigenvalue weighted by Gasteiger charge is 2.41. The van der Waals surface area contributed by atoms with Gasteiger partial charge in [-0.05, 0) is 37.1 Å². The Labute approximate surface area is 153 Å². The SMILES string of the molecule is COc1cccc([C@H]2Nc3ccc(Cl)cc3[C@H]3OCCC[C@@H]23)c1OC. The number of ether oxygens (including phenoxy) is 3. The fraction of sp³-hybridized carbons (Fsp3) is 0.400. The number of hydrogen-bond acceptors (Lipinski definition) is 4. The summed E-state index contributed by atoms with van der Waals surface area (Å²) in [6, 6.07) is 12.1. The third kappa shape index (κ3) is 2.83. The molecule has 2 aliphatic rings. The molecule has 132 valence electrons. The Bertz CT molecular complexity index is 780. The van der Waals surface area contributed by atoms with Crippen LogP contribution < -0.4 is 14.8 Å². The van der Waals surface area contributed by atoms with Gasteiger partial charge in [0, 0.05) is 34.4 Å². The van der Waals surface area contributed by atoms with Gasteiger partial charge in [-0.15, -0.1) is 0 Å². The molecule has 1 fully saturated rings. The van der Waals surface area contributed by atoms with Gasteiger partial charge in [-0.3, -0.25) is 0 Å². The molecule has 4 rings (SSSR count). The molecule has 0 amide bonds. The quantitative estimate of drug-likeness (QED) is 0.837. The summed E-state index contributed by atoms with van der Waals surface area (Å²) >= 11 is 6.23. The van der Waals surface area contributed by atoms with Crippen molar-refractivity contribution in [3.05, 3.63) is 52.5 Å². The molecule has 2 aromatic rings. The molecule has 2 heterocycles. The van der Waals surface area contributed by atoms with Gasteiger partial charge < -0.3 is 19.5 Å². The van der Waals surface area contributed by atoms with Gasteiger partial charge in [0.1, 0.15) is 0 Å². The Morgan fingerprint density at radius 3 is 2.80 bits per heavy atom. The predicted molar refractivity (Wildman–Crippen MR) is 98.8 cm³/mol. The molecule has 1 N–H and O–H groups in total. The number of hydrogen-bond donors (Lipinski definition) is 1. The second-order valence-corrected chi connectivity index (χ2v) is 6.97. The lowest BCUT2D eigenvalue weighted by Crippen LogP contribution is -2.36. The van der Waals surface area contributed by atoms with Crippen LogP contribution in [0.3, 0.4) is 0 Å². The molecule has 25 heavy (non-hydrogen) atoms. The van der Waals surface area contributed by atoms with Gasteiger partial charge in [-0.1, -0.05) is 23.7 Å². The van der Waals surface area contributed by atoms with E-state index in [1.807, 2.05) is 30.3 Å². The van der Waals surface area contributed by atoms with E-state index in [2.05, 4.69) is 11.4 Å². The minimum absolute atomic E-state index is 0.0459. The lowest BCUT2D eigenvalue weighted by Gasteiger charge is -2.43. The maximum Gasteiger partial charge on any atom is 0.165 e. The first-order valence-corrected chi connectivity index (χ1v) is 8.99. The van der Waals surface area contributed by atoms with Crippen molar-refractivity contribution in [2.24, 2.45) is 5.92 Å². The molecule has 3 atom stereocenters. The van der Waals surface area contributed by atoms with Crippen LogP contribution in [0.15, 0.2) is 36.4 Å². The lowest BCUT2D eigenvalue weighted by molar-refractivity contribution is -0.0383.